The van der Waals surface area contributed by atoms with Crippen molar-refractivity contribution < 1.29 is 19.2 Å². The highest BCUT2D eigenvalue weighted by Gasteiger charge is 2.22. The molecule has 0 fully saturated rings. The molecule has 0 aliphatic heterocycles. The number of aromatic nitrogens is 1. The van der Waals surface area contributed by atoms with Gasteiger partial charge in [-0.25, -0.2) is 4.98 Å². The van der Waals surface area contributed by atoms with Crippen LogP contribution in [0, 0.1) is 10.1 Å². The molecule has 0 unspecified atom stereocenters. The lowest BCUT2D eigenvalue weighted by atomic mass is 10.2. The van der Waals surface area contributed by atoms with Crippen LogP contribution in [0.4, 0.5) is 11.4 Å². The molecular formula is C22H25N3O5S2. The summed E-state index contributed by atoms with van der Waals surface area (Å²) in [4.78, 5) is 28.1. The maximum atomic E-state index is 12.5. The fraction of sp³-hybridized carbons (Fsp3) is 0.364. The number of para-hydroxylation sites is 1. The largest absolute Gasteiger partial charge is 0.490 e. The van der Waals surface area contributed by atoms with E-state index >= 15 is 0 Å². The van der Waals surface area contributed by atoms with Crippen LogP contribution in [0.25, 0.3) is 10.2 Å². The van der Waals surface area contributed by atoms with Gasteiger partial charge in [0.1, 0.15) is 10.7 Å². The summed E-state index contributed by atoms with van der Waals surface area (Å²) in [6.07, 6.45) is 1.53. The van der Waals surface area contributed by atoms with Gasteiger partial charge in [0, 0.05) is 11.8 Å². The third-order valence-corrected chi connectivity index (χ3v) is 6.42. The number of thiazole rings is 1. The summed E-state index contributed by atoms with van der Waals surface area (Å²) in [5.41, 5.74) is 0.804. The van der Waals surface area contributed by atoms with Crippen LogP contribution in [0.2, 0.25) is 0 Å². The van der Waals surface area contributed by atoms with Crippen molar-refractivity contribution in [3.63, 3.8) is 0 Å². The standard InChI is InChI=1S/C22H25N3O5S2/c1-3-9-29-18-11-16(17(25(27)28)12-19(18)30-10-4-2)23-21(26)13-31-14-22-24-15-7-5-6-8-20(15)32-22/h5-8,11-12H,3-4,9-10,13-14H2,1-2H3,(H,23,26). The lowest BCUT2D eigenvalue weighted by Gasteiger charge is -2.14. The van der Waals surface area contributed by atoms with Crippen LogP contribution in [0.1, 0.15) is 31.7 Å². The molecule has 0 bridgehead atoms. The first-order valence-corrected chi connectivity index (χ1v) is 12.3. The Balaban J connectivity index is 1.67. The van der Waals surface area contributed by atoms with Crippen LogP contribution >= 0.6 is 23.1 Å². The molecular weight excluding hydrogens is 450 g/mol. The van der Waals surface area contributed by atoms with Gasteiger partial charge < -0.3 is 14.8 Å². The Morgan fingerprint density at radius 1 is 1.16 bits per heavy atom. The molecule has 32 heavy (non-hydrogen) atoms. The Morgan fingerprint density at radius 2 is 1.84 bits per heavy atom. The fourth-order valence-corrected chi connectivity index (χ4v) is 4.70. The van der Waals surface area contributed by atoms with Crippen molar-refractivity contribution in [3.05, 3.63) is 51.5 Å². The minimum absolute atomic E-state index is 0.0931. The molecule has 0 radical (unpaired) electrons. The molecule has 1 aromatic heterocycles. The second kappa shape index (κ2) is 11.7. The third-order valence-electron chi connectivity index (χ3n) is 4.25. The third kappa shape index (κ3) is 6.33. The number of amides is 1. The zero-order valence-corrected chi connectivity index (χ0v) is 19.6. The highest BCUT2D eigenvalue weighted by Crippen LogP contribution is 2.38. The van der Waals surface area contributed by atoms with Crippen molar-refractivity contribution in [3.8, 4) is 11.5 Å². The lowest BCUT2D eigenvalue weighted by molar-refractivity contribution is -0.384. The summed E-state index contributed by atoms with van der Waals surface area (Å²) in [6, 6.07) is 10.7. The van der Waals surface area contributed by atoms with Gasteiger partial charge in [0.05, 0.1) is 40.2 Å². The first-order valence-electron chi connectivity index (χ1n) is 10.3. The Bertz CT molecular complexity index is 1050. The summed E-state index contributed by atoms with van der Waals surface area (Å²) in [5.74, 6) is 1.08. The molecule has 170 valence electrons. The van der Waals surface area contributed by atoms with Gasteiger partial charge in [-0.3, -0.25) is 14.9 Å². The number of rotatable bonds is 12. The van der Waals surface area contributed by atoms with E-state index in [1.165, 1.54) is 23.9 Å². The molecule has 0 aliphatic carbocycles. The number of thioether (sulfide) groups is 1. The number of hydrogen-bond donors (Lipinski definition) is 1. The molecule has 0 atom stereocenters. The Labute approximate surface area is 194 Å². The number of anilines is 1. The average Bonchev–Trinajstić information content (AvgIpc) is 3.19. The number of carbonyl (C=O) groups is 1. The molecule has 1 N–H and O–H groups in total. The molecule has 8 nitrogen and oxygen atoms in total. The number of ether oxygens (including phenoxy) is 2. The zero-order chi connectivity index (χ0) is 22.9. The van der Waals surface area contributed by atoms with Gasteiger partial charge in [-0.15, -0.1) is 23.1 Å². The Hall–Kier alpha value is -2.85. The quantitative estimate of drug-likeness (QED) is 0.266. The Morgan fingerprint density at radius 3 is 2.50 bits per heavy atom. The van der Waals surface area contributed by atoms with Crippen LogP contribution < -0.4 is 14.8 Å². The van der Waals surface area contributed by atoms with Gasteiger partial charge in [-0.1, -0.05) is 26.0 Å². The van der Waals surface area contributed by atoms with Crippen molar-refractivity contribution in [1.82, 2.24) is 4.98 Å². The number of benzene rings is 2. The van der Waals surface area contributed by atoms with Gasteiger partial charge in [-0.2, -0.15) is 0 Å². The highest BCUT2D eigenvalue weighted by molar-refractivity contribution is 7.99. The van der Waals surface area contributed by atoms with Crippen molar-refractivity contribution in [2.75, 3.05) is 24.3 Å². The first-order chi connectivity index (χ1) is 15.5. The van der Waals surface area contributed by atoms with Crippen molar-refractivity contribution in [2.24, 2.45) is 0 Å². The molecule has 0 aliphatic rings. The molecule has 0 saturated carbocycles. The summed E-state index contributed by atoms with van der Waals surface area (Å²) >= 11 is 3.00. The summed E-state index contributed by atoms with van der Waals surface area (Å²) in [7, 11) is 0. The molecule has 3 rings (SSSR count). The minimum Gasteiger partial charge on any atom is -0.490 e. The van der Waals surface area contributed by atoms with E-state index < -0.39 is 4.92 Å². The van der Waals surface area contributed by atoms with Gasteiger partial charge in [0.15, 0.2) is 11.5 Å². The summed E-state index contributed by atoms with van der Waals surface area (Å²) < 4.78 is 12.4. The van der Waals surface area contributed by atoms with Crippen LogP contribution in [0.3, 0.4) is 0 Å². The maximum absolute atomic E-state index is 12.5. The predicted octanol–water partition coefficient (Wildman–Crippen LogP) is 5.65. The van der Waals surface area contributed by atoms with Gasteiger partial charge in [0.25, 0.3) is 5.69 Å². The fourth-order valence-electron chi connectivity index (χ4n) is 2.85. The van der Waals surface area contributed by atoms with E-state index in [2.05, 4.69) is 10.3 Å². The van der Waals surface area contributed by atoms with E-state index in [9.17, 15) is 14.9 Å². The van der Waals surface area contributed by atoms with Gasteiger partial charge >= 0.3 is 0 Å². The van der Waals surface area contributed by atoms with Crippen molar-refractivity contribution in [1.29, 1.82) is 0 Å². The maximum Gasteiger partial charge on any atom is 0.296 e. The van der Waals surface area contributed by atoms with Crippen LogP contribution in [0.15, 0.2) is 36.4 Å². The van der Waals surface area contributed by atoms with Gasteiger partial charge in [0.2, 0.25) is 5.91 Å². The summed E-state index contributed by atoms with van der Waals surface area (Å²) in [5, 5.41) is 15.2. The smallest absolute Gasteiger partial charge is 0.296 e. The number of hydrogen-bond acceptors (Lipinski definition) is 8. The van der Waals surface area contributed by atoms with E-state index in [4.69, 9.17) is 9.47 Å². The number of fused-ring (bicyclic) bond motifs is 1. The van der Waals surface area contributed by atoms with E-state index in [0.29, 0.717) is 30.5 Å². The van der Waals surface area contributed by atoms with Crippen LogP contribution in [-0.2, 0) is 10.5 Å². The molecule has 3 aromatic rings. The van der Waals surface area contributed by atoms with Crippen molar-refractivity contribution in [2.45, 2.75) is 32.4 Å². The Kier molecular flexibility index (Phi) is 8.69. The number of nitrogens with one attached hydrogen (secondary N) is 1. The van der Waals surface area contributed by atoms with E-state index in [-0.39, 0.29) is 23.0 Å². The molecule has 10 heteroatoms. The summed E-state index contributed by atoms with van der Waals surface area (Å²) in [6.45, 7) is 4.75. The number of nitro groups is 1. The first kappa shape index (κ1) is 23.8. The molecule has 2 aromatic carbocycles. The topological polar surface area (TPSA) is 104 Å². The highest BCUT2D eigenvalue weighted by atomic mass is 32.2. The number of nitro benzene ring substituents is 1. The van der Waals surface area contributed by atoms with Crippen LogP contribution in [-0.4, -0.2) is 34.8 Å². The molecule has 0 spiro atoms. The predicted molar refractivity (Wildman–Crippen MR) is 129 cm³/mol. The van der Waals surface area contributed by atoms with E-state index in [0.717, 1.165) is 28.1 Å². The zero-order valence-electron chi connectivity index (χ0n) is 18.0. The SMILES string of the molecule is CCCOc1cc(NC(=O)CSCc2nc3ccccc3s2)c([N+](=O)[O-])cc1OCCC. The van der Waals surface area contributed by atoms with Gasteiger partial charge in [-0.05, 0) is 25.0 Å². The normalized spacial score (nSPS) is 10.8. The van der Waals surface area contributed by atoms with Crippen LogP contribution in [0.5, 0.6) is 11.5 Å². The number of carbonyl (C=O) groups excluding carboxylic acids is 1. The molecule has 1 amide bonds. The molecule has 0 saturated heterocycles. The van der Waals surface area contributed by atoms with E-state index in [1.54, 1.807) is 11.3 Å². The minimum atomic E-state index is -0.535. The van der Waals surface area contributed by atoms with Crippen molar-refractivity contribution >= 4 is 50.6 Å². The second-order valence-corrected chi connectivity index (χ2v) is 8.99. The number of nitrogens with zero attached hydrogens (tertiary/aromatic N) is 2. The second-order valence-electron chi connectivity index (χ2n) is 6.89. The molecule has 1 heterocycles. The monoisotopic (exact) mass is 475 g/mol. The van der Waals surface area contributed by atoms with E-state index in [1.807, 2.05) is 38.1 Å². The lowest BCUT2D eigenvalue weighted by Crippen LogP contribution is -2.16. The average molecular weight is 476 g/mol.